The average Bonchev–Trinajstić information content (AvgIpc) is 2.72. The van der Waals surface area contributed by atoms with E-state index in [9.17, 15) is 4.79 Å². The van der Waals surface area contributed by atoms with Crippen LogP contribution in [0.5, 0.6) is 0 Å². The quantitative estimate of drug-likeness (QED) is 0.721. The second-order valence-corrected chi connectivity index (χ2v) is 7.55. The van der Waals surface area contributed by atoms with E-state index in [0.717, 1.165) is 77.7 Å². The van der Waals surface area contributed by atoms with Crippen molar-refractivity contribution in [2.75, 3.05) is 63.8 Å². The topological polar surface area (TPSA) is 38.8 Å². The number of nitrogens with one attached hydrogen (secondary N) is 1. The Labute approximate surface area is 182 Å². The lowest BCUT2D eigenvalue weighted by Crippen LogP contribution is -2.48. The van der Waals surface area contributed by atoms with E-state index in [1.165, 1.54) is 5.69 Å². The zero-order chi connectivity index (χ0) is 18.2. The molecule has 5 nitrogen and oxygen atoms in total. The predicted molar refractivity (Wildman–Crippen MR) is 122 cm³/mol. The molecule has 3 rings (SSSR count). The van der Waals surface area contributed by atoms with Gasteiger partial charge in [-0.05, 0) is 44.0 Å². The van der Waals surface area contributed by atoms with Crippen LogP contribution >= 0.6 is 24.8 Å². The number of hydrogen-bond donors (Lipinski definition) is 1. The van der Waals surface area contributed by atoms with Crippen LogP contribution in [-0.2, 0) is 4.79 Å². The SMILES string of the molecule is CCNCC1CCN(C(=O)CCN2CCN(c3ccccc3)CC2)CC1.Cl.Cl. The van der Waals surface area contributed by atoms with Gasteiger partial charge in [-0.2, -0.15) is 0 Å². The van der Waals surface area contributed by atoms with Gasteiger partial charge in [0.1, 0.15) is 0 Å². The molecule has 0 atom stereocenters. The number of nitrogens with zero attached hydrogens (tertiary/aromatic N) is 3. The van der Waals surface area contributed by atoms with Gasteiger partial charge in [-0.15, -0.1) is 24.8 Å². The van der Waals surface area contributed by atoms with E-state index in [2.05, 4.69) is 57.3 Å². The van der Waals surface area contributed by atoms with Gasteiger partial charge in [-0.1, -0.05) is 25.1 Å². The lowest BCUT2D eigenvalue weighted by atomic mass is 9.96. The van der Waals surface area contributed by atoms with Crippen molar-refractivity contribution >= 4 is 36.4 Å². The lowest BCUT2D eigenvalue weighted by molar-refractivity contribution is -0.132. The van der Waals surface area contributed by atoms with Gasteiger partial charge >= 0.3 is 0 Å². The number of carbonyl (C=O) groups is 1. The molecule has 160 valence electrons. The van der Waals surface area contributed by atoms with E-state index >= 15 is 0 Å². The Hall–Kier alpha value is -1.01. The molecule has 7 heteroatoms. The molecule has 2 fully saturated rings. The standard InChI is InChI=1S/C21H34N4O.2ClH/c1-2-22-18-19-8-12-25(13-9-19)21(26)10-11-23-14-16-24(17-15-23)20-6-4-3-5-7-20;;/h3-7,19,22H,2,8-18H2,1H3;2*1H. The Balaban J connectivity index is 0.00000196. The highest BCUT2D eigenvalue weighted by Crippen LogP contribution is 2.18. The number of piperazine rings is 1. The molecule has 1 aromatic rings. The first kappa shape index (κ1) is 25.0. The second kappa shape index (κ2) is 13.3. The van der Waals surface area contributed by atoms with Gasteiger partial charge in [0.2, 0.25) is 5.91 Å². The number of benzene rings is 1. The van der Waals surface area contributed by atoms with E-state index < -0.39 is 0 Å². The summed E-state index contributed by atoms with van der Waals surface area (Å²) < 4.78 is 0. The third-order valence-corrected chi connectivity index (χ3v) is 5.79. The molecule has 1 aromatic carbocycles. The summed E-state index contributed by atoms with van der Waals surface area (Å²) in [6, 6.07) is 10.6. The third kappa shape index (κ3) is 7.43. The number of para-hydroxylation sites is 1. The summed E-state index contributed by atoms with van der Waals surface area (Å²) in [5.74, 6) is 1.09. The molecular weight excluding hydrogens is 395 g/mol. The maximum absolute atomic E-state index is 12.5. The molecule has 0 saturated carbocycles. The Morgan fingerprint density at radius 1 is 1.00 bits per heavy atom. The van der Waals surface area contributed by atoms with Crippen LogP contribution in [0, 0.1) is 5.92 Å². The van der Waals surface area contributed by atoms with Crippen LogP contribution in [0.25, 0.3) is 0 Å². The van der Waals surface area contributed by atoms with Gasteiger partial charge in [0.15, 0.2) is 0 Å². The minimum Gasteiger partial charge on any atom is -0.369 e. The largest absolute Gasteiger partial charge is 0.369 e. The number of hydrogen-bond acceptors (Lipinski definition) is 4. The zero-order valence-corrected chi connectivity index (χ0v) is 18.6. The Kier molecular flexibility index (Phi) is 11.8. The first-order valence-electron chi connectivity index (χ1n) is 10.3. The number of likely N-dealkylation sites (tertiary alicyclic amines) is 1. The van der Waals surface area contributed by atoms with Crippen LogP contribution in [0.4, 0.5) is 5.69 Å². The first-order valence-corrected chi connectivity index (χ1v) is 10.3. The molecule has 2 heterocycles. The molecule has 28 heavy (non-hydrogen) atoms. The summed E-state index contributed by atoms with van der Waals surface area (Å²) in [6.45, 7) is 11.3. The fourth-order valence-corrected chi connectivity index (χ4v) is 4.02. The Bertz CT molecular complexity index is 545. The third-order valence-electron chi connectivity index (χ3n) is 5.79. The number of anilines is 1. The van der Waals surface area contributed by atoms with Crippen molar-refractivity contribution in [1.29, 1.82) is 0 Å². The summed E-state index contributed by atoms with van der Waals surface area (Å²) in [5.41, 5.74) is 1.31. The number of rotatable bonds is 7. The Morgan fingerprint density at radius 3 is 2.25 bits per heavy atom. The monoisotopic (exact) mass is 430 g/mol. The van der Waals surface area contributed by atoms with Crippen molar-refractivity contribution in [3.63, 3.8) is 0 Å². The van der Waals surface area contributed by atoms with Crippen LogP contribution < -0.4 is 10.2 Å². The number of halogens is 2. The molecule has 2 aliphatic heterocycles. The fraction of sp³-hybridized carbons (Fsp3) is 0.667. The summed E-state index contributed by atoms with van der Waals surface area (Å²) in [7, 11) is 0. The zero-order valence-electron chi connectivity index (χ0n) is 17.0. The minimum atomic E-state index is 0. The highest BCUT2D eigenvalue weighted by molar-refractivity contribution is 5.85. The number of piperidine rings is 1. The van der Waals surface area contributed by atoms with Crippen LogP contribution in [-0.4, -0.2) is 74.6 Å². The molecule has 0 spiro atoms. The first-order chi connectivity index (χ1) is 12.8. The van der Waals surface area contributed by atoms with Crippen molar-refractivity contribution in [3.05, 3.63) is 30.3 Å². The van der Waals surface area contributed by atoms with Gasteiger partial charge in [0.25, 0.3) is 0 Å². The molecule has 0 unspecified atom stereocenters. The normalized spacial score (nSPS) is 18.3. The summed E-state index contributed by atoms with van der Waals surface area (Å²) in [4.78, 5) is 19.5. The maximum Gasteiger partial charge on any atom is 0.223 e. The maximum atomic E-state index is 12.5. The number of amides is 1. The van der Waals surface area contributed by atoms with E-state index in [1.807, 2.05) is 0 Å². The van der Waals surface area contributed by atoms with Crippen LogP contribution in [0.3, 0.4) is 0 Å². The van der Waals surface area contributed by atoms with Crippen LogP contribution in [0.2, 0.25) is 0 Å². The Morgan fingerprint density at radius 2 is 1.64 bits per heavy atom. The van der Waals surface area contributed by atoms with Crippen LogP contribution in [0.15, 0.2) is 30.3 Å². The van der Waals surface area contributed by atoms with Gasteiger partial charge in [0.05, 0.1) is 0 Å². The van der Waals surface area contributed by atoms with Crippen molar-refractivity contribution in [3.8, 4) is 0 Å². The average molecular weight is 431 g/mol. The van der Waals surface area contributed by atoms with Gasteiger partial charge < -0.3 is 15.1 Å². The molecular formula is C21H36Cl2N4O. The van der Waals surface area contributed by atoms with Gasteiger partial charge in [-0.25, -0.2) is 0 Å². The smallest absolute Gasteiger partial charge is 0.223 e. The summed E-state index contributed by atoms with van der Waals surface area (Å²) in [5, 5.41) is 3.43. The predicted octanol–water partition coefficient (Wildman–Crippen LogP) is 2.89. The molecule has 2 aliphatic rings. The highest BCUT2D eigenvalue weighted by Gasteiger charge is 2.23. The lowest BCUT2D eigenvalue weighted by Gasteiger charge is -2.37. The van der Waals surface area contributed by atoms with Crippen molar-refractivity contribution in [1.82, 2.24) is 15.1 Å². The van der Waals surface area contributed by atoms with Crippen LogP contribution in [0.1, 0.15) is 26.2 Å². The van der Waals surface area contributed by atoms with E-state index in [0.29, 0.717) is 12.3 Å². The molecule has 0 radical (unpaired) electrons. The minimum absolute atomic E-state index is 0. The molecule has 1 N–H and O–H groups in total. The van der Waals surface area contributed by atoms with E-state index in [1.54, 1.807) is 0 Å². The van der Waals surface area contributed by atoms with Crippen molar-refractivity contribution in [2.45, 2.75) is 26.2 Å². The van der Waals surface area contributed by atoms with Gasteiger partial charge in [0, 0.05) is 57.9 Å². The van der Waals surface area contributed by atoms with Crippen molar-refractivity contribution < 1.29 is 4.79 Å². The summed E-state index contributed by atoms with van der Waals surface area (Å²) in [6.07, 6.45) is 2.96. The molecule has 0 aliphatic carbocycles. The molecule has 2 saturated heterocycles. The second-order valence-electron chi connectivity index (χ2n) is 7.55. The van der Waals surface area contributed by atoms with E-state index in [4.69, 9.17) is 0 Å². The fourth-order valence-electron chi connectivity index (χ4n) is 4.02. The van der Waals surface area contributed by atoms with Crippen molar-refractivity contribution in [2.24, 2.45) is 5.92 Å². The van der Waals surface area contributed by atoms with Gasteiger partial charge in [-0.3, -0.25) is 9.69 Å². The number of carbonyl (C=O) groups excluding carboxylic acids is 1. The highest BCUT2D eigenvalue weighted by atomic mass is 35.5. The molecule has 0 bridgehead atoms. The van der Waals surface area contributed by atoms with E-state index in [-0.39, 0.29) is 24.8 Å². The molecule has 0 aromatic heterocycles. The summed E-state index contributed by atoms with van der Waals surface area (Å²) >= 11 is 0. The molecule has 1 amide bonds.